The lowest BCUT2D eigenvalue weighted by atomic mass is 10.2. The van der Waals surface area contributed by atoms with Gasteiger partial charge in [-0.1, -0.05) is 18.2 Å². The number of ether oxygens (including phenoxy) is 2. The number of benzene rings is 2. The predicted octanol–water partition coefficient (Wildman–Crippen LogP) is 1.57. The molecule has 0 aliphatic carbocycles. The van der Waals surface area contributed by atoms with Crippen LogP contribution in [0.2, 0.25) is 0 Å². The van der Waals surface area contributed by atoms with Crippen molar-refractivity contribution in [2.45, 2.75) is 22.7 Å². The Morgan fingerprint density at radius 3 is 2.41 bits per heavy atom. The highest BCUT2D eigenvalue weighted by Crippen LogP contribution is 2.33. The highest BCUT2D eigenvalue weighted by atomic mass is 32.2. The van der Waals surface area contributed by atoms with E-state index in [9.17, 15) is 21.2 Å². The van der Waals surface area contributed by atoms with E-state index in [1.54, 1.807) is 18.2 Å². The van der Waals surface area contributed by atoms with E-state index in [0.29, 0.717) is 11.3 Å². The molecule has 0 spiro atoms. The van der Waals surface area contributed by atoms with Crippen LogP contribution < -0.4 is 14.8 Å². The van der Waals surface area contributed by atoms with Gasteiger partial charge in [0, 0.05) is 24.2 Å². The van der Waals surface area contributed by atoms with Gasteiger partial charge < -0.3 is 14.8 Å². The van der Waals surface area contributed by atoms with Gasteiger partial charge in [-0.3, -0.25) is 0 Å². The molecule has 0 bridgehead atoms. The maximum Gasteiger partial charge on any atom is 0.183 e. The van der Waals surface area contributed by atoms with Gasteiger partial charge in [0.15, 0.2) is 31.2 Å². The second-order valence-electron chi connectivity index (χ2n) is 6.76. The number of rotatable bonds is 7. The zero-order valence-corrected chi connectivity index (χ0v) is 17.6. The van der Waals surface area contributed by atoms with Crippen LogP contribution in [0.1, 0.15) is 5.56 Å². The zero-order chi connectivity index (χ0) is 21.2. The lowest BCUT2D eigenvalue weighted by Gasteiger charge is -2.21. The van der Waals surface area contributed by atoms with Crippen LogP contribution in [-0.2, 0) is 26.2 Å². The Morgan fingerprint density at radius 2 is 1.76 bits per heavy atom. The molecule has 0 unspecified atom stereocenters. The maximum absolute atomic E-state index is 13.9. The van der Waals surface area contributed by atoms with Crippen molar-refractivity contribution in [3.05, 3.63) is 53.8 Å². The number of methoxy groups -OCH3 is 2. The van der Waals surface area contributed by atoms with Crippen LogP contribution >= 0.6 is 0 Å². The molecule has 158 valence electrons. The van der Waals surface area contributed by atoms with Crippen LogP contribution in [0.15, 0.2) is 47.4 Å². The third kappa shape index (κ3) is 4.54. The van der Waals surface area contributed by atoms with E-state index in [2.05, 4.69) is 5.32 Å². The highest BCUT2D eigenvalue weighted by molar-refractivity contribution is 7.96. The lowest BCUT2D eigenvalue weighted by molar-refractivity contribution is 0.354. The maximum atomic E-state index is 13.9. The minimum atomic E-state index is -4.00. The fraction of sp³-hybridized carbons (Fsp3) is 0.368. The van der Waals surface area contributed by atoms with Gasteiger partial charge in [0.2, 0.25) is 0 Å². The third-order valence-corrected chi connectivity index (χ3v) is 9.04. The van der Waals surface area contributed by atoms with Crippen molar-refractivity contribution in [2.24, 2.45) is 0 Å². The molecule has 1 fully saturated rings. The predicted molar refractivity (Wildman–Crippen MR) is 106 cm³/mol. The quantitative estimate of drug-likeness (QED) is 0.694. The summed E-state index contributed by atoms with van der Waals surface area (Å²) in [6, 6.07) is 9.31. The Morgan fingerprint density at radius 1 is 1.07 bits per heavy atom. The molecule has 1 saturated heterocycles. The number of halogens is 1. The molecular formula is C19H22FNO6S2. The van der Waals surface area contributed by atoms with E-state index in [1.165, 1.54) is 38.5 Å². The van der Waals surface area contributed by atoms with Gasteiger partial charge >= 0.3 is 0 Å². The SMILES string of the molecule is COc1ccc(S(=O)(=O)[C@H]2CS(=O)(=O)C[C@@H]2NCc2ccccc2F)cc1OC. The molecule has 0 saturated carbocycles. The molecule has 7 nitrogen and oxygen atoms in total. The van der Waals surface area contributed by atoms with Gasteiger partial charge in [0.25, 0.3) is 0 Å². The number of hydrogen-bond acceptors (Lipinski definition) is 7. The van der Waals surface area contributed by atoms with Crippen LogP contribution in [0.4, 0.5) is 4.39 Å². The summed E-state index contributed by atoms with van der Waals surface area (Å²) in [4.78, 5) is -0.0602. The summed E-state index contributed by atoms with van der Waals surface area (Å²) in [5.41, 5.74) is 0.332. The van der Waals surface area contributed by atoms with E-state index in [4.69, 9.17) is 9.47 Å². The summed E-state index contributed by atoms with van der Waals surface area (Å²) in [7, 11) is -4.76. The van der Waals surface area contributed by atoms with E-state index in [-0.39, 0.29) is 22.9 Å². The average molecular weight is 444 g/mol. The normalized spacial score (nSPS) is 21.1. The molecule has 1 aliphatic heterocycles. The van der Waals surface area contributed by atoms with Gasteiger partial charge in [0.1, 0.15) is 5.82 Å². The molecule has 1 N–H and O–H groups in total. The van der Waals surface area contributed by atoms with Crippen molar-refractivity contribution < 1.29 is 30.7 Å². The van der Waals surface area contributed by atoms with Crippen molar-refractivity contribution >= 4 is 19.7 Å². The Labute approximate surface area is 169 Å². The zero-order valence-electron chi connectivity index (χ0n) is 16.0. The first-order valence-electron chi connectivity index (χ1n) is 8.81. The van der Waals surface area contributed by atoms with Crippen LogP contribution in [0.25, 0.3) is 0 Å². The summed E-state index contributed by atoms with van der Waals surface area (Å²) in [5.74, 6) is -0.692. The topological polar surface area (TPSA) is 98.8 Å². The molecule has 3 rings (SSSR count). The van der Waals surface area contributed by atoms with Crippen LogP contribution in [0.3, 0.4) is 0 Å². The first-order chi connectivity index (χ1) is 13.7. The molecule has 2 aromatic rings. The van der Waals surface area contributed by atoms with Gasteiger partial charge in [-0.2, -0.15) is 0 Å². The molecule has 0 radical (unpaired) electrons. The smallest absolute Gasteiger partial charge is 0.183 e. The van der Waals surface area contributed by atoms with Crippen LogP contribution in [0.5, 0.6) is 11.5 Å². The molecular weight excluding hydrogens is 421 g/mol. The fourth-order valence-corrected chi connectivity index (χ4v) is 8.09. The van der Waals surface area contributed by atoms with Crippen molar-refractivity contribution in [3.8, 4) is 11.5 Å². The van der Waals surface area contributed by atoms with E-state index >= 15 is 0 Å². The standard InChI is InChI=1S/C19H22FNO6S2/c1-26-17-8-7-14(9-18(17)27-2)29(24,25)19-12-28(22,23)11-16(19)21-10-13-5-3-4-6-15(13)20/h3-9,16,19,21H,10-12H2,1-2H3/t16-,19-/m0/s1. The largest absolute Gasteiger partial charge is 0.493 e. The molecule has 29 heavy (non-hydrogen) atoms. The van der Waals surface area contributed by atoms with Crippen LogP contribution in [-0.4, -0.2) is 53.9 Å². The second kappa shape index (κ2) is 8.29. The average Bonchev–Trinajstić information content (AvgIpc) is 3.02. The summed E-state index contributed by atoms with van der Waals surface area (Å²) < 4.78 is 75.0. The molecule has 2 atom stereocenters. The van der Waals surface area contributed by atoms with E-state index in [1.807, 2.05) is 0 Å². The summed E-state index contributed by atoms with van der Waals surface area (Å²) in [5, 5.41) is 1.72. The van der Waals surface area contributed by atoms with Gasteiger partial charge in [-0.25, -0.2) is 21.2 Å². The van der Waals surface area contributed by atoms with E-state index in [0.717, 1.165) is 0 Å². The fourth-order valence-electron chi connectivity index (χ4n) is 3.36. The Bertz CT molecular complexity index is 1100. The highest BCUT2D eigenvalue weighted by Gasteiger charge is 2.45. The van der Waals surface area contributed by atoms with Crippen molar-refractivity contribution in [1.29, 1.82) is 0 Å². The summed E-state index contributed by atoms with van der Waals surface area (Å²) >= 11 is 0. The van der Waals surface area contributed by atoms with Gasteiger partial charge in [-0.05, 0) is 18.2 Å². The Kier molecular flexibility index (Phi) is 6.16. The summed E-state index contributed by atoms with van der Waals surface area (Å²) in [6.07, 6.45) is 0. The third-order valence-electron chi connectivity index (χ3n) is 4.90. The van der Waals surface area contributed by atoms with Gasteiger partial charge in [-0.15, -0.1) is 0 Å². The summed E-state index contributed by atoms with van der Waals surface area (Å²) in [6.45, 7) is 0.0187. The first kappa shape index (κ1) is 21.5. The molecule has 10 heteroatoms. The van der Waals surface area contributed by atoms with Crippen molar-refractivity contribution in [3.63, 3.8) is 0 Å². The minimum absolute atomic E-state index is 0.0187. The van der Waals surface area contributed by atoms with Crippen molar-refractivity contribution in [2.75, 3.05) is 25.7 Å². The molecule has 1 heterocycles. The number of sulfone groups is 2. The molecule has 0 amide bonds. The van der Waals surface area contributed by atoms with Crippen molar-refractivity contribution in [1.82, 2.24) is 5.32 Å². The molecule has 1 aliphatic rings. The molecule has 0 aromatic heterocycles. The minimum Gasteiger partial charge on any atom is -0.493 e. The second-order valence-corrected chi connectivity index (χ2v) is 11.1. The lowest BCUT2D eigenvalue weighted by Crippen LogP contribution is -2.43. The Hall–Kier alpha value is -2.17. The monoisotopic (exact) mass is 443 g/mol. The van der Waals surface area contributed by atoms with Crippen LogP contribution in [0, 0.1) is 5.82 Å². The Balaban J connectivity index is 1.90. The van der Waals surface area contributed by atoms with Gasteiger partial charge in [0.05, 0.1) is 35.9 Å². The molecule has 2 aromatic carbocycles. The first-order valence-corrected chi connectivity index (χ1v) is 12.2. The number of nitrogens with one attached hydrogen (secondary N) is 1. The van der Waals surface area contributed by atoms with E-state index < -0.39 is 42.5 Å². The number of hydrogen-bond donors (Lipinski definition) is 1.